The second kappa shape index (κ2) is 8.52. The van der Waals surface area contributed by atoms with Crippen LogP contribution in [0.2, 0.25) is 0 Å². The Hall–Kier alpha value is -0.990. The SMILES string of the molecule is C[C@@H]1CCO[C@H](O[C@H]2CC[C@]3(C)C4C[C@@H](O)[C@]5(C)[C@@H](C6=CC(=O)OC6)CC[C@]5(O)[C@@H]4CC[C@@H]3C2)O1. The minimum atomic E-state index is -0.923. The molecule has 0 radical (unpaired) electrons. The molecule has 196 valence electrons. The van der Waals surface area contributed by atoms with Crippen LogP contribution in [0.1, 0.15) is 78.6 Å². The molecular formula is C28H42O7. The summed E-state index contributed by atoms with van der Waals surface area (Å²) < 4.78 is 23.0. The smallest absolute Gasteiger partial charge is 0.331 e. The molecule has 35 heavy (non-hydrogen) atoms. The lowest BCUT2D eigenvalue weighted by atomic mass is 9.42. The van der Waals surface area contributed by atoms with Crippen LogP contribution in [-0.2, 0) is 23.7 Å². The van der Waals surface area contributed by atoms with Crippen LogP contribution < -0.4 is 0 Å². The molecule has 2 N–H and O–H groups in total. The number of fused-ring (bicyclic) bond motifs is 5. The number of ether oxygens (including phenoxy) is 4. The predicted octanol–water partition coefficient (Wildman–Crippen LogP) is 3.71. The molecule has 1 saturated heterocycles. The summed E-state index contributed by atoms with van der Waals surface area (Å²) >= 11 is 0. The Morgan fingerprint density at radius 1 is 1.06 bits per heavy atom. The lowest BCUT2D eigenvalue weighted by Gasteiger charge is -2.65. The highest BCUT2D eigenvalue weighted by atomic mass is 16.9. The first-order valence-corrected chi connectivity index (χ1v) is 13.9. The number of aliphatic hydroxyl groups excluding tert-OH is 1. The summed E-state index contributed by atoms with van der Waals surface area (Å²) in [5.41, 5.74) is -0.547. The highest BCUT2D eigenvalue weighted by Gasteiger charge is 2.70. The van der Waals surface area contributed by atoms with Gasteiger partial charge in [0.15, 0.2) is 0 Å². The molecule has 0 aromatic rings. The second-order valence-corrected chi connectivity index (χ2v) is 12.8. The van der Waals surface area contributed by atoms with Gasteiger partial charge >= 0.3 is 5.97 Å². The molecule has 4 aliphatic carbocycles. The van der Waals surface area contributed by atoms with Crippen LogP contribution in [-0.4, -0.2) is 59.8 Å². The van der Waals surface area contributed by atoms with E-state index in [0.717, 1.165) is 50.5 Å². The number of aliphatic hydroxyl groups is 2. The molecule has 4 saturated carbocycles. The van der Waals surface area contributed by atoms with E-state index in [1.54, 1.807) is 6.08 Å². The van der Waals surface area contributed by atoms with Gasteiger partial charge in [0.05, 0.1) is 30.5 Å². The van der Waals surface area contributed by atoms with E-state index in [1.165, 1.54) is 0 Å². The summed E-state index contributed by atoms with van der Waals surface area (Å²) in [6.45, 7) is 6.95. The van der Waals surface area contributed by atoms with Crippen LogP contribution in [0.3, 0.4) is 0 Å². The minimum Gasteiger partial charge on any atom is -0.458 e. The van der Waals surface area contributed by atoms with E-state index < -0.39 is 23.6 Å². The van der Waals surface area contributed by atoms with Crippen LogP contribution in [0.5, 0.6) is 0 Å². The molecule has 7 nitrogen and oxygen atoms in total. The van der Waals surface area contributed by atoms with Gasteiger partial charge in [-0.25, -0.2) is 4.79 Å². The van der Waals surface area contributed by atoms with Crippen LogP contribution in [0.15, 0.2) is 11.6 Å². The van der Waals surface area contributed by atoms with Crippen molar-refractivity contribution in [2.75, 3.05) is 13.2 Å². The van der Waals surface area contributed by atoms with Gasteiger partial charge in [-0.15, -0.1) is 0 Å². The molecule has 1 unspecified atom stereocenters. The number of rotatable bonds is 3. The third-order valence-corrected chi connectivity index (χ3v) is 11.5. The van der Waals surface area contributed by atoms with Gasteiger partial charge in [0.25, 0.3) is 6.48 Å². The van der Waals surface area contributed by atoms with Gasteiger partial charge in [0, 0.05) is 11.5 Å². The maximum Gasteiger partial charge on any atom is 0.331 e. The van der Waals surface area contributed by atoms with Crippen LogP contribution in [0, 0.1) is 34.5 Å². The number of esters is 1. The molecule has 0 amide bonds. The average Bonchev–Trinajstić information content (AvgIpc) is 3.36. The van der Waals surface area contributed by atoms with Gasteiger partial charge in [-0.2, -0.15) is 0 Å². The topological polar surface area (TPSA) is 94.5 Å². The fourth-order valence-corrected chi connectivity index (χ4v) is 9.33. The van der Waals surface area contributed by atoms with E-state index in [4.69, 9.17) is 18.9 Å². The zero-order valence-electron chi connectivity index (χ0n) is 21.4. The number of hydrogen-bond acceptors (Lipinski definition) is 7. The maximum atomic E-state index is 12.4. The third kappa shape index (κ3) is 3.59. The molecule has 6 aliphatic rings. The Bertz CT molecular complexity index is 889. The fraction of sp³-hybridized carbons (Fsp3) is 0.893. The quantitative estimate of drug-likeness (QED) is 0.583. The Morgan fingerprint density at radius 2 is 1.89 bits per heavy atom. The largest absolute Gasteiger partial charge is 0.458 e. The van der Waals surface area contributed by atoms with Crippen molar-refractivity contribution < 1.29 is 34.0 Å². The summed E-state index contributed by atoms with van der Waals surface area (Å²) in [7, 11) is 0. The lowest BCUT2D eigenvalue weighted by Crippen LogP contribution is -2.67. The average molecular weight is 491 g/mol. The van der Waals surface area contributed by atoms with Crippen molar-refractivity contribution in [3.05, 3.63) is 11.6 Å². The highest BCUT2D eigenvalue weighted by Crippen LogP contribution is 2.70. The summed E-state index contributed by atoms with van der Waals surface area (Å²) in [4.78, 5) is 11.8. The number of cyclic esters (lactones) is 1. The summed E-state index contributed by atoms with van der Waals surface area (Å²) in [6, 6.07) is 0. The van der Waals surface area contributed by atoms with Crippen molar-refractivity contribution in [1.82, 2.24) is 0 Å². The van der Waals surface area contributed by atoms with Crippen LogP contribution >= 0.6 is 0 Å². The van der Waals surface area contributed by atoms with Crippen molar-refractivity contribution in [3.63, 3.8) is 0 Å². The van der Waals surface area contributed by atoms with Gasteiger partial charge < -0.3 is 29.2 Å². The fourth-order valence-electron chi connectivity index (χ4n) is 9.33. The molecule has 0 aromatic heterocycles. The summed E-state index contributed by atoms with van der Waals surface area (Å²) in [6.07, 6.45) is 9.40. The van der Waals surface area contributed by atoms with Crippen molar-refractivity contribution in [2.24, 2.45) is 34.5 Å². The Kier molecular flexibility index (Phi) is 5.93. The van der Waals surface area contributed by atoms with E-state index in [0.29, 0.717) is 32.0 Å². The van der Waals surface area contributed by atoms with Crippen molar-refractivity contribution in [2.45, 2.75) is 109 Å². The standard InChI is InChI=1S/C28H42O7/c1-16-8-11-32-25(34-16)35-19-6-9-26(2)18(13-19)4-5-21-22(26)14-23(29)27(3)20(7-10-28(21,27)31)17-12-24(30)33-15-17/h12,16,18-23,25,29,31H,4-11,13-15H2,1-3H3/t16-,18-,19+,20-,21-,22?,23-,25+,26+,27+,28+/m1/s1. The van der Waals surface area contributed by atoms with Gasteiger partial charge in [-0.3, -0.25) is 0 Å². The van der Waals surface area contributed by atoms with Gasteiger partial charge in [-0.1, -0.05) is 13.8 Å². The van der Waals surface area contributed by atoms with E-state index in [9.17, 15) is 15.0 Å². The van der Waals surface area contributed by atoms with Crippen molar-refractivity contribution in [1.29, 1.82) is 0 Å². The number of carbonyl (C=O) groups is 1. The predicted molar refractivity (Wildman–Crippen MR) is 127 cm³/mol. The molecule has 2 heterocycles. The summed E-state index contributed by atoms with van der Waals surface area (Å²) in [5, 5.41) is 24.0. The van der Waals surface area contributed by atoms with Crippen molar-refractivity contribution >= 4 is 5.97 Å². The molecule has 7 heteroatoms. The number of carbonyl (C=O) groups excluding carboxylic acids is 1. The lowest BCUT2D eigenvalue weighted by molar-refractivity contribution is -0.347. The van der Waals surface area contributed by atoms with Gasteiger partial charge in [-0.05, 0) is 99.4 Å². The van der Waals surface area contributed by atoms with E-state index in [2.05, 4.69) is 20.8 Å². The first kappa shape index (κ1) is 24.4. The highest BCUT2D eigenvalue weighted by molar-refractivity contribution is 5.85. The van der Waals surface area contributed by atoms with Gasteiger partial charge in [0.1, 0.15) is 6.61 Å². The van der Waals surface area contributed by atoms with E-state index in [-0.39, 0.29) is 41.3 Å². The molecule has 5 fully saturated rings. The second-order valence-electron chi connectivity index (χ2n) is 12.8. The van der Waals surface area contributed by atoms with E-state index >= 15 is 0 Å². The normalized spacial score (nSPS) is 53.9. The molecular weight excluding hydrogens is 448 g/mol. The van der Waals surface area contributed by atoms with E-state index in [1.807, 2.05) is 0 Å². The molecule has 0 spiro atoms. The Morgan fingerprint density at radius 3 is 2.63 bits per heavy atom. The molecule has 0 bridgehead atoms. The number of hydrogen-bond donors (Lipinski definition) is 2. The van der Waals surface area contributed by atoms with Crippen molar-refractivity contribution in [3.8, 4) is 0 Å². The molecule has 11 atom stereocenters. The van der Waals surface area contributed by atoms with Crippen LogP contribution in [0.25, 0.3) is 0 Å². The third-order valence-electron chi connectivity index (χ3n) is 11.5. The molecule has 2 aliphatic heterocycles. The maximum absolute atomic E-state index is 12.4. The van der Waals surface area contributed by atoms with Crippen LogP contribution in [0.4, 0.5) is 0 Å². The minimum absolute atomic E-state index is 0.0116. The first-order chi connectivity index (χ1) is 16.6. The summed E-state index contributed by atoms with van der Waals surface area (Å²) in [5.74, 6) is 0.648. The monoisotopic (exact) mass is 490 g/mol. The molecule has 0 aromatic carbocycles. The molecule has 6 rings (SSSR count). The van der Waals surface area contributed by atoms with Gasteiger partial charge in [0.2, 0.25) is 0 Å². The Labute approximate surface area is 208 Å². The first-order valence-electron chi connectivity index (χ1n) is 13.9. The zero-order valence-corrected chi connectivity index (χ0v) is 21.4. The zero-order chi connectivity index (χ0) is 24.6. The Balaban J connectivity index is 1.21.